The highest BCUT2D eigenvalue weighted by Gasteiger charge is 2.02. The van der Waals surface area contributed by atoms with Crippen LogP contribution in [0.15, 0.2) is 18.2 Å². The highest BCUT2D eigenvalue weighted by molar-refractivity contribution is 5.18. The van der Waals surface area contributed by atoms with Gasteiger partial charge in [0.2, 0.25) is 0 Å². The largest absolute Gasteiger partial charge is 0.312 e. The number of halogens is 2. The number of benzene rings is 1. The predicted molar refractivity (Wildman–Crippen MR) is 51.5 cm³/mol. The highest BCUT2D eigenvalue weighted by atomic mass is 19.1. The molecule has 1 aromatic carbocycles. The number of nitrogens with one attached hydrogen (secondary N) is 1. The van der Waals surface area contributed by atoms with Crippen LogP contribution in [0.3, 0.4) is 0 Å². The van der Waals surface area contributed by atoms with Crippen LogP contribution in [0.25, 0.3) is 0 Å². The monoisotopic (exact) mass is 195 g/mol. The molecule has 0 saturated heterocycles. The predicted octanol–water partition coefficient (Wildman–Crippen LogP) is 2.08. The van der Waals surface area contributed by atoms with E-state index in [2.05, 4.69) is 11.2 Å². The first-order valence-corrected chi connectivity index (χ1v) is 4.32. The minimum Gasteiger partial charge on any atom is -0.312 e. The lowest BCUT2D eigenvalue weighted by molar-refractivity contribution is 0.570. The van der Waals surface area contributed by atoms with Gasteiger partial charge in [0.1, 0.15) is 11.6 Å². The van der Waals surface area contributed by atoms with Crippen LogP contribution in [0.1, 0.15) is 12.0 Å². The Morgan fingerprint density at radius 1 is 1.36 bits per heavy atom. The highest BCUT2D eigenvalue weighted by Crippen LogP contribution is 2.08. The summed E-state index contributed by atoms with van der Waals surface area (Å²) < 4.78 is 25.7. The van der Waals surface area contributed by atoms with Crippen molar-refractivity contribution in [3.8, 4) is 12.3 Å². The summed E-state index contributed by atoms with van der Waals surface area (Å²) in [5.41, 5.74) is 0.321. The van der Waals surface area contributed by atoms with Crippen LogP contribution >= 0.6 is 0 Å². The molecular weight excluding hydrogens is 184 g/mol. The molecule has 1 aromatic rings. The first kappa shape index (κ1) is 10.7. The van der Waals surface area contributed by atoms with Gasteiger partial charge in [-0.3, -0.25) is 0 Å². The van der Waals surface area contributed by atoms with Crippen molar-refractivity contribution in [3.05, 3.63) is 35.4 Å². The third kappa shape index (κ3) is 3.15. The molecule has 0 radical (unpaired) electrons. The van der Waals surface area contributed by atoms with E-state index in [1.807, 2.05) is 0 Å². The molecule has 0 aliphatic rings. The quantitative estimate of drug-likeness (QED) is 0.573. The van der Waals surface area contributed by atoms with Gasteiger partial charge in [-0.25, -0.2) is 8.78 Å². The van der Waals surface area contributed by atoms with E-state index in [-0.39, 0.29) is 0 Å². The normalized spacial score (nSPS) is 9.79. The van der Waals surface area contributed by atoms with Gasteiger partial charge in [0, 0.05) is 25.1 Å². The van der Waals surface area contributed by atoms with Gasteiger partial charge in [-0.1, -0.05) is 0 Å². The van der Waals surface area contributed by atoms with Crippen LogP contribution in [0.2, 0.25) is 0 Å². The molecule has 0 fully saturated rings. The van der Waals surface area contributed by atoms with E-state index in [0.29, 0.717) is 25.1 Å². The van der Waals surface area contributed by atoms with E-state index >= 15 is 0 Å². The molecule has 0 amide bonds. The molecule has 0 saturated carbocycles. The molecule has 0 atom stereocenters. The molecule has 0 aliphatic carbocycles. The average molecular weight is 195 g/mol. The molecule has 14 heavy (non-hydrogen) atoms. The Bertz CT molecular complexity index is 342. The second-order valence-electron chi connectivity index (χ2n) is 2.87. The van der Waals surface area contributed by atoms with Gasteiger partial charge in [0.15, 0.2) is 0 Å². The first-order valence-electron chi connectivity index (χ1n) is 4.32. The standard InChI is InChI=1S/C11H11F2N/c1-2-3-6-14-8-9-7-10(12)4-5-11(9)13/h1,4-5,7,14H,3,6,8H2. The first-order chi connectivity index (χ1) is 6.74. The van der Waals surface area contributed by atoms with Crippen molar-refractivity contribution in [2.75, 3.05) is 6.54 Å². The zero-order valence-electron chi connectivity index (χ0n) is 7.69. The summed E-state index contributed by atoms with van der Waals surface area (Å²) in [7, 11) is 0. The molecular formula is C11H11F2N. The Morgan fingerprint density at radius 2 is 2.14 bits per heavy atom. The Balaban J connectivity index is 2.50. The van der Waals surface area contributed by atoms with Gasteiger partial charge in [0.05, 0.1) is 0 Å². The fraction of sp³-hybridized carbons (Fsp3) is 0.273. The van der Waals surface area contributed by atoms with Gasteiger partial charge in [0.25, 0.3) is 0 Å². The molecule has 1 N–H and O–H groups in total. The average Bonchev–Trinajstić information content (AvgIpc) is 2.18. The molecule has 3 heteroatoms. The lowest BCUT2D eigenvalue weighted by atomic mass is 10.2. The van der Waals surface area contributed by atoms with Crippen molar-refractivity contribution in [3.63, 3.8) is 0 Å². The molecule has 1 nitrogen and oxygen atoms in total. The second kappa shape index (κ2) is 5.36. The Hall–Kier alpha value is -1.40. The van der Waals surface area contributed by atoms with Crippen LogP contribution in [0.4, 0.5) is 8.78 Å². The van der Waals surface area contributed by atoms with Gasteiger partial charge in [-0.2, -0.15) is 0 Å². The third-order valence-corrected chi connectivity index (χ3v) is 1.77. The summed E-state index contributed by atoms with van der Waals surface area (Å²) in [6.45, 7) is 0.901. The summed E-state index contributed by atoms with van der Waals surface area (Å²) in [4.78, 5) is 0. The number of hydrogen-bond donors (Lipinski definition) is 1. The lowest BCUT2D eigenvalue weighted by Gasteiger charge is -2.04. The number of terminal acetylenes is 1. The van der Waals surface area contributed by atoms with E-state index < -0.39 is 11.6 Å². The fourth-order valence-electron chi connectivity index (χ4n) is 1.06. The molecule has 0 aliphatic heterocycles. The maximum absolute atomic E-state index is 13.0. The summed E-state index contributed by atoms with van der Waals surface area (Å²) in [6.07, 6.45) is 5.62. The smallest absolute Gasteiger partial charge is 0.127 e. The molecule has 0 aromatic heterocycles. The molecule has 0 bridgehead atoms. The number of hydrogen-bond acceptors (Lipinski definition) is 1. The van der Waals surface area contributed by atoms with Gasteiger partial charge >= 0.3 is 0 Å². The molecule has 0 unspecified atom stereocenters. The van der Waals surface area contributed by atoms with Crippen molar-refractivity contribution >= 4 is 0 Å². The second-order valence-corrected chi connectivity index (χ2v) is 2.87. The molecule has 0 heterocycles. The van der Waals surface area contributed by atoms with E-state index in [9.17, 15) is 8.78 Å². The van der Waals surface area contributed by atoms with Crippen LogP contribution in [-0.2, 0) is 6.54 Å². The minimum atomic E-state index is -0.430. The van der Waals surface area contributed by atoms with Gasteiger partial charge < -0.3 is 5.32 Å². The Labute approximate surface area is 82.1 Å². The summed E-state index contributed by atoms with van der Waals surface area (Å²) in [5.74, 6) is 1.62. The maximum atomic E-state index is 13.0. The van der Waals surface area contributed by atoms with E-state index in [1.54, 1.807) is 0 Å². The van der Waals surface area contributed by atoms with E-state index in [1.165, 1.54) is 6.07 Å². The lowest BCUT2D eigenvalue weighted by Crippen LogP contribution is -2.15. The molecule has 1 rings (SSSR count). The Morgan fingerprint density at radius 3 is 2.86 bits per heavy atom. The summed E-state index contributed by atoms with van der Waals surface area (Å²) in [5, 5.41) is 2.92. The topological polar surface area (TPSA) is 12.0 Å². The molecule has 0 spiro atoms. The zero-order chi connectivity index (χ0) is 10.4. The SMILES string of the molecule is C#CCCNCc1cc(F)ccc1F. The minimum absolute atomic E-state index is 0.297. The maximum Gasteiger partial charge on any atom is 0.127 e. The van der Waals surface area contributed by atoms with Gasteiger partial charge in [-0.05, 0) is 18.2 Å². The van der Waals surface area contributed by atoms with Crippen LogP contribution < -0.4 is 5.32 Å². The van der Waals surface area contributed by atoms with Crippen LogP contribution in [0.5, 0.6) is 0 Å². The van der Waals surface area contributed by atoms with Crippen molar-refractivity contribution < 1.29 is 8.78 Å². The third-order valence-electron chi connectivity index (χ3n) is 1.77. The van der Waals surface area contributed by atoms with Crippen molar-refractivity contribution in [1.82, 2.24) is 5.32 Å². The van der Waals surface area contributed by atoms with E-state index in [4.69, 9.17) is 6.42 Å². The number of rotatable bonds is 4. The fourth-order valence-corrected chi connectivity index (χ4v) is 1.06. The van der Waals surface area contributed by atoms with Crippen LogP contribution in [0, 0.1) is 24.0 Å². The summed E-state index contributed by atoms with van der Waals surface area (Å²) >= 11 is 0. The van der Waals surface area contributed by atoms with Crippen molar-refractivity contribution in [2.24, 2.45) is 0 Å². The molecule has 74 valence electrons. The van der Waals surface area contributed by atoms with Crippen LogP contribution in [-0.4, -0.2) is 6.54 Å². The van der Waals surface area contributed by atoms with Crippen molar-refractivity contribution in [2.45, 2.75) is 13.0 Å². The Kier molecular flexibility index (Phi) is 4.09. The van der Waals surface area contributed by atoms with Crippen molar-refractivity contribution in [1.29, 1.82) is 0 Å². The summed E-state index contributed by atoms with van der Waals surface area (Å²) in [6, 6.07) is 3.39. The van der Waals surface area contributed by atoms with Gasteiger partial charge in [-0.15, -0.1) is 12.3 Å². The zero-order valence-corrected chi connectivity index (χ0v) is 7.69. The van der Waals surface area contributed by atoms with E-state index in [0.717, 1.165) is 12.1 Å².